The number of hydrogen-bond donors (Lipinski definition) is 3. The number of hydrogen-bond acceptors (Lipinski definition) is 5. The van der Waals surface area contributed by atoms with Gasteiger partial charge in [0.05, 0.1) is 17.1 Å². The molecule has 3 rings (SSSR count). The Kier molecular flexibility index (Phi) is 7.55. The Morgan fingerprint density at radius 1 is 0.971 bits per heavy atom. The maximum absolute atomic E-state index is 13.1. The molecule has 1 aliphatic carbocycles. The number of carbonyl (C=O) groups excluding carboxylic acids is 2. The van der Waals surface area contributed by atoms with Crippen molar-refractivity contribution in [1.29, 1.82) is 0 Å². The van der Waals surface area contributed by atoms with Crippen LogP contribution in [-0.4, -0.2) is 54.5 Å². The van der Waals surface area contributed by atoms with E-state index in [2.05, 4.69) is 22.8 Å². The summed E-state index contributed by atoms with van der Waals surface area (Å²) in [4.78, 5) is 37.6. The molecule has 8 nitrogen and oxygen atoms in total. The van der Waals surface area contributed by atoms with Crippen molar-refractivity contribution in [3.8, 4) is 11.1 Å². The van der Waals surface area contributed by atoms with Gasteiger partial charge in [-0.1, -0.05) is 48.5 Å². The number of ether oxygens (including phenoxy) is 2. The number of amides is 2. The Morgan fingerprint density at radius 3 is 1.97 bits per heavy atom. The summed E-state index contributed by atoms with van der Waals surface area (Å²) in [6, 6.07) is 14.9. The first-order valence-corrected chi connectivity index (χ1v) is 11.6. The minimum absolute atomic E-state index is 0.104. The predicted octanol–water partition coefficient (Wildman–Crippen LogP) is 3.93. The Labute approximate surface area is 206 Å². The van der Waals surface area contributed by atoms with Crippen LogP contribution in [0.1, 0.15) is 51.7 Å². The van der Waals surface area contributed by atoms with E-state index in [1.165, 1.54) is 21.0 Å². The van der Waals surface area contributed by atoms with Crippen LogP contribution < -0.4 is 10.6 Å². The van der Waals surface area contributed by atoms with Crippen LogP contribution in [-0.2, 0) is 19.1 Å². The Morgan fingerprint density at radius 2 is 1.49 bits per heavy atom. The lowest BCUT2D eigenvalue weighted by atomic mass is 9.74. The monoisotopic (exact) mass is 482 g/mol. The molecule has 1 aliphatic rings. The summed E-state index contributed by atoms with van der Waals surface area (Å²) >= 11 is 0. The molecule has 35 heavy (non-hydrogen) atoms. The molecule has 0 heterocycles. The quantitative estimate of drug-likeness (QED) is 0.499. The lowest BCUT2D eigenvalue weighted by Gasteiger charge is -2.40. The molecule has 0 saturated heterocycles. The van der Waals surface area contributed by atoms with Gasteiger partial charge in [0.2, 0.25) is 5.91 Å². The van der Waals surface area contributed by atoms with Gasteiger partial charge in [0.15, 0.2) is 0 Å². The molecule has 8 heteroatoms. The third-order valence-corrected chi connectivity index (χ3v) is 7.27. The van der Waals surface area contributed by atoms with Crippen molar-refractivity contribution < 1.29 is 29.0 Å². The first kappa shape index (κ1) is 26.2. The van der Waals surface area contributed by atoms with Crippen LogP contribution in [0.4, 0.5) is 4.79 Å². The van der Waals surface area contributed by atoms with Crippen LogP contribution in [0.2, 0.25) is 0 Å². The highest BCUT2D eigenvalue weighted by Gasteiger charge is 2.46. The van der Waals surface area contributed by atoms with E-state index >= 15 is 0 Å². The highest BCUT2D eigenvalue weighted by Crippen LogP contribution is 2.44. The summed E-state index contributed by atoms with van der Waals surface area (Å²) in [5, 5.41) is 14.9. The zero-order valence-corrected chi connectivity index (χ0v) is 21.0. The fraction of sp³-hybridized carbons (Fsp3) is 0.444. The van der Waals surface area contributed by atoms with Crippen LogP contribution in [0.5, 0.6) is 0 Å². The first-order chi connectivity index (χ1) is 16.4. The molecule has 188 valence electrons. The lowest BCUT2D eigenvalue weighted by molar-refractivity contribution is -0.152. The molecular weight excluding hydrogens is 448 g/mol. The smallest absolute Gasteiger partial charge is 0.407 e. The molecule has 2 atom stereocenters. The van der Waals surface area contributed by atoms with E-state index in [-0.39, 0.29) is 12.5 Å². The third kappa shape index (κ3) is 5.17. The van der Waals surface area contributed by atoms with Gasteiger partial charge in [-0.2, -0.15) is 0 Å². The molecular formula is C27H34N2O6. The van der Waals surface area contributed by atoms with E-state index in [4.69, 9.17) is 9.47 Å². The minimum Gasteiger partial charge on any atom is -0.481 e. The van der Waals surface area contributed by atoms with Gasteiger partial charge in [-0.15, -0.1) is 0 Å². The second kappa shape index (κ2) is 10.1. The second-order valence-corrected chi connectivity index (χ2v) is 9.93. The van der Waals surface area contributed by atoms with E-state index in [0.29, 0.717) is 0 Å². The van der Waals surface area contributed by atoms with Gasteiger partial charge in [0, 0.05) is 13.0 Å². The van der Waals surface area contributed by atoms with E-state index in [9.17, 15) is 19.5 Å². The largest absolute Gasteiger partial charge is 0.481 e. The number of alkyl carbamates (subject to hydrolysis) is 1. The molecule has 0 bridgehead atoms. The number of carboxylic acid groups (broad SMARTS) is 1. The van der Waals surface area contributed by atoms with Crippen LogP contribution in [0.15, 0.2) is 48.5 Å². The normalized spacial score (nSPS) is 14.9. The highest BCUT2D eigenvalue weighted by molar-refractivity contribution is 5.88. The zero-order chi connectivity index (χ0) is 26.0. The summed E-state index contributed by atoms with van der Waals surface area (Å²) < 4.78 is 10.9. The van der Waals surface area contributed by atoms with Crippen LogP contribution in [0.25, 0.3) is 11.1 Å². The Bertz CT molecular complexity index is 1060. The maximum atomic E-state index is 13.1. The predicted molar refractivity (Wildman–Crippen MR) is 132 cm³/mol. The summed E-state index contributed by atoms with van der Waals surface area (Å²) in [6.45, 7) is 8.06. The third-order valence-electron chi connectivity index (χ3n) is 7.27. The fourth-order valence-electron chi connectivity index (χ4n) is 4.11. The Hall–Kier alpha value is -3.39. The zero-order valence-electron chi connectivity index (χ0n) is 21.0. The van der Waals surface area contributed by atoms with Crippen molar-refractivity contribution in [2.24, 2.45) is 5.41 Å². The van der Waals surface area contributed by atoms with Gasteiger partial charge in [-0.05, 0) is 56.9 Å². The number of carbonyl (C=O) groups is 3. The molecule has 3 N–H and O–H groups in total. The summed E-state index contributed by atoms with van der Waals surface area (Å²) in [5.41, 5.74) is 2.03. The average Bonchev–Trinajstić information content (AvgIpc) is 3.13. The maximum Gasteiger partial charge on any atom is 0.407 e. The summed E-state index contributed by atoms with van der Waals surface area (Å²) in [6.07, 6.45) is -1.44. The number of nitrogens with one attached hydrogen (secondary N) is 2. The van der Waals surface area contributed by atoms with E-state index in [0.717, 1.165) is 22.3 Å². The molecule has 0 aromatic heterocycles. The molecule has 0 saturated carbocycles. The van der Waals surface area contributed by atoms with Crippen molar-refractivity contribution in [3.63, 3.8) is 0 Å². The minimum atomic E-state index is -1.26. The summed E-state index contributed by atoms with van der Waals surface area (Å²) in [7, 11) is 1.43. The van der Waals surface area contributed by atoms with Gasteiger partial charge < -0.3 is 25.2 Å². The van der Waals surface area contributed by atoms with E-state index in [1.54, 1.807) is 20.8 Å². The van der Waals surface area contributed by atoms with Crippen LogP contribution in [0.3, 0.4) is 0 Å². The number of benzene rings is 2. The van der Waals surface area contributed by atoms with Crippen LogP contribution in [0, 0.1) is 5.41 Å². The van der Waals surface area contributed by atoms with Gasteiger partial charge in [0.1, 0.15) is 12.6 Å². The van der Waals surface area contributed by atoms with Gasteiger partial charge in [0.25, 0.3) is 0 Å². The van der Waals surface area contributed by atoms with E-state index < -0.39 is 41.1 Å². The van der Waals surface area contributed by atoms with E-state index in [1.807, 2.05) is 36.4 Å². The number of methoxy groups -OCH3 is 1. The lowest BCUT2D eigenvalue weighted by Crippen LogP contribution is -2.62. The fourth-order valence-corrected chi connectivity index (χ4v) is 4.11. The van der Waals surface area contributed by atoms with Gasteiger partial charge >= 0.3 is 12.1 Å². The summed E-state index contributed by atoms with van der Waals surface area (Å²) in [5.74, 6) is -1.73. The Balaban J connectivity index is 1.71. The average molecular weight is 483 g/mol. The SMILES string of the molecule is CO[C@H](C)[C@H](NC(=O)OCC1c2ccccc2-c2ccccc21)C(=O)NC(C)(C)C(C)(C)C(=O)O. The number of rotatable bonds is 9. The number of aliphatic carboxylic acids is 1. The molecule has 0 aliphatic heterocycles. The molecule has 2 aromatic rings. The topological polar surface area (TPSA) is 114 Å². The molecule has 0 radical (unpaired) electrons. The highest BCUT2D eigenvalue weighted by atomic mass is 16.5. The second-order valence-electron chi connectivity index (χ2n) is 9.93. The first-order valence-electron chi connectivity index (χ1n) is 11.6. The van der Waals surface area contributed by atoms with Crippen molar-refractivity contribution >= 4 is 18.0 Å². The van der Waals surface area contributed by atoms with Crippen molar-refractivity contribution in [3.05, 3.63) is 59.7 Å². The molecule has 0 spiro atoms. The molecule has 2 aromatic carbocycles. The number of fused-ring (bicyclic) bond motifs is 3. The number of carboxylic acids is 1. The van der Waals surface area contributed by atoms with Crippen molar-refractivity contribution in [2.75, 3.05) is 13.7 Å². The molecule has 0 fully saturated rings. The standard InChI is InChI=1S/C27H34N2O6/c1-16(34-6)22(23(30)29-27(4,5)26(2,3)24(31)32)28-25(33)35-15-21-19-13-9-7-11-17(19)18-12-8-10-14-20(18)21/h7-14,16,21-22H,15H2,1-6H3,(H,28,33)(H,29,30)(H,31,32)/t16-,22+/m1/s1. The van der Waals surface area contributed by atoms with Gasteiger partial charge in [-0.3, -0.25) is 9.59 Å². The van der Waals surface area contributed by atoms with Crippen molar-refractivity contribution in [1.82, 2.24) is 10.6 Å². The van der Waals surface area contributed by atoms with Crippen LogP contribution >= 0.6 is 0 Å². The van der Waals surface area contributed by atoms with Crippen molar-refractivity contribution in [2.45, 2.75) is 58.2 Å². The molecule has 0 unspecified atom stereocenters. The van der Waals surface area contributed by atoms with Gasteiger partial charge in [-0.25, -0.2) is 4.79 Å². The molecule has 2 amide bonds.